The van der Waals surface area contributed by atoms with Gasteiger partial charge in [-0.25, -0.2) is 0 Å². The van der Waals surface area contributed by atoms with Crippen LogP contribution >= 0.6 is 0 Å². The highest BCUT2D eigenvalue weighted by molar-refractivity contribution is 7.86. The van der Waals surface area contributed by atoms with Gasteiger partial charge in [0.1, 0.15) is 0 Å². The Morgan fingerprint density at radius 1 is 1.21 bits per heavy atom. The molecule has 0 spiro atoms. The van der Waals surface area contributed by atoms with Gasteiger partial charge < -0.3 is 5.32 Å². The largest absolute Gasteiger partial charge is 0.334 e. The van der Waals surface area contributed by atoms with E-state index in [4.69, 9.17) is 4.55 Å². The summed E-state index contributed by atoms with van der Waals surface area (Å²) < 4.78 is 30.3. The standard InChI is InChI=1S/C13H25NO4S/c1-4-5-6-7-8-9-10-11(2)13(15)14-12(3)19(16,17)18/h12H,2,4-10H2,1,3H3,(H,14,15)(H,16,17,18). The van der Waals surface area contributed by atoms with Gasteiger partial charge >= 0.3 is 0 Å². The molecule has 0 aliphatic heterocycles. The van der Waals surface area contributed by atoms with E-state index in [1.807, 2.05) is 0 Å². The Morgan fingerprint density at radius 3 is 2.26 bits per heavy atom. The van der Waals surface area contributed by atoms with Crippen LogP contribution in [0.3, 0.4) is 0 Å². The number of rotatable bonds is 10. The van der Waals surface area contributed by atoms with Crippen molar-refractivity contribution in [2.24, 2.45) is 0 Å². The lowest BCUT2D eigenvalue weighted by atomic mass is 10.1. The number of carbonyl (C=O) groups excluding carboxylic acids is 1. The van der Waals surface area contributed by atoms with E-state index in [2.05, 4.69) is 18.8 Å². The van der Waals surface area contributed by atoms with Gasteiger partial charge in [0.2, 0.25) is 5.91 Å². The van der Waals surface area contributed by atoms with Crippen LogP contribution in [0.5, 0.6) is 0 Å². The highest BCUT2D eigenvalue weighted by Crippen LogP contribution is 2.11. The van der Waals surface area contributed by atoms with Crippen molar-refractivity contribution in [2.45, 2.75) is 64.2 Å². The second-order valence-electron chi connectivity index (χ2n) is 4.75. The van der Waals surface area contributed by atoms with Crippen LogP contribution in [0.4, 0.5) is 0 Å². The maximum absolute atomic E-state index is 11.6. The fourth-order valence-electron chi connectivity index (χ4n) is 1.59. The second-order valence-corrected chi connectivity index (χ2v) is 6.49. The van der Waals surface area contributed by atoms with E-state index in [9.17, 15) is 13.2 Å². The van der Waals surface area contributed by atoms with E-state index < -0.39 is 21.4 Å². The summed E-state index contributed by atoms with van der Waals surface area (Å²) >= 11 is 0. The average molecular weight is 291 g/mol. The Hall–Kier alpha value is -0.880. The molecule has 1 amide bonds. The summed E-state index contributed by atoms with van der Waals surface area (Å²) in [5, 5.41) is 0.900. The monoisotopic (exact) mass is 291 g/mol. The minimum Gasteiger partial charge on any atom is -0.334 e. The van der Waals surface area contributed by atoms with Crippen molar-refractivity contribution in [1.82, 2.24) is 5.32 Å². The van der Waals surface area contributed by atoms with Gasteiger partial charge in [-0.3, -0.25) is 9.35 Å². The molecular formula is C13H25NO4S. The molecule has 19 heavy (non-hydrogen) atoms. The molecule has 0 saturated carbocycles. The van der Waals surface area contributed by atoms with Crippen molar-refractivity contribution in [2.75, 3.05) is 0 Å². The summed E-state index contributed by atoms with van der Waals surface area (Å²) in [6.45, 7) is 7.00. The molecular weight excluding hydrogens is 266 g/mol. The van der Waals surface area contributed by atoms with Gasteiger partial charge in [-0.2, -0.15) is 8.42 Å². The van der Waals surface area contributed by atoms with Gasteiger partial charge in [0, 0.05) is 5.57 Å². The molecule has 0 aliphatic rings. The van der Waals surface area contributed by atoms with Crippen LogP contribution in [0.2, 0.25) is 0 Å². The van der Waals surface area contributed by atoms with Gasteiger partial charge in [0.25, 0.3) is 10.1 Å². The summed E-state index contributed by atoms with van der Waals surface area (Å²) in [4.78, 5) is 11.6. The van der Waals surface area contributed by atoms with Crippen LogP contribution in [-0.4, -0.2) is 24.3 Å². The molecule has 0 aromatic carbocycles. The van der Waals surface area contributed by atoms with Gasteiger partial charge in [-0.05, 0) is 19.8 Å². The van der Waals surface area contributed by atoms with Gasteiger partial charge in [-0.1, -0.05) is 45.6 Å². The van der Waals surface area contributed by atoms with Crippen LogP contribution in [-0.2, 0) is 14.9 Å². The third-order valence-corrected chi connectivity index (χ3v) is 3.95. The third kappa shape index (κ3) is 8.77. The van der Waals surface area contributed by atoms with Crippen molar-refractivity contribution in [1.29, 1.82) is 0 Å². The first kappa shape index (κ1) is 18.1. The minimum atomic E-state index is -4.24. The molecule has 2 N–H and O–H groups in total. The normalized spacial score (nSPS) is 13.0. The Kier molecular flexibility index (Phi) is 8.67. The van der Waals surface area contributed by atoms with E-state index in [0.29, 0.717) is 12.0 Å². The first-order valence-corrected chi connectivity index (χ1v) is 8.24. The van der Waals surface area contributed by atoms with E-state index in [1.54, 1.807) is 0 Å². The molecule has 0 aromatic rings. The predicted molar refractivity (Wildman–Crippen MR) is 76.3 cm³/mol. The number of unbranched alkanes of at least 4 members (excludes halogenated alkanes) is 5. The Morgan fingerprint density at radius 2 is 1.74 bits per heavy atom. The van der Waals surface area contributed by atoms with Crippen LogP contribution in [0.1, 0.15) is 58.8 Å². The number of hydrogen-bond acceptors (Lipinski definition) is 3. The summed E-state index contributed by atoms with van der Waals surface area (Å²) in [5.74, 6) is -0.515. The van der Waals surface area contributed by atoms with Crippen LogP contribution < -0.4 is 5.32 Å². The van der Waals surface area contributed by atoms with Crippen molar-refractivity contribution in [3.05, 3.63) is 12.2 Å². The summed E-state index contributed by atoms with van der Waals surface area (Å²) in [7, 11) is -4.24. The quantitative estimate of drug-likeness (QED) is 0.368. The Labute approximate surface area is 116 Å². The molecule has 0 saturated heterocycles. The molecule has 0 bridgehead atoms. The molecule has 5 nitrogen and oxygen atoms in total. The lowest BCUT2D eigenvalue weighted by Crippen LogP contribution is -2.38. The van der Waals surface area contributed by atoms with E-state index in [-0.39, 0.29) is 0 Å². The molecule has 112 valence electrons. The van der Waals surface area contributed by atoms with Crippen molar-refractivity contribution in [3.8, 4) is 0 Å². The van der Waals surface area contributed by atoms with Crippen LogP contribution in [0, 0.1) is 0 Å². The highest BCUT2D eigenvalue weighted by Gasteiger charge is 2.20. The number of carbonyl (C=O) groups is 1. The van der Waals surface area contributed by atoms with Crippen molar-refractivity contribution < 1.29 is 17.8 Å². The van der Waals surface area contributed by atoms with E-state index >= 15 is 0 Å². The second kappa shape index (κ2) is 9.09. The molecule has 0 aromatic heterocycles. The van der Waals surface area contributed by atoms with Gasteiger partial charge in [-0.15, -0.1) is 0 Å². The maximum Gasteiger partial charge on any atom is 0.285 e. The van der Waals surface area contributed by atoms with E-state index in [0.717, 1.165) is 19.3 Å². The maximum atomic E-state index is 11.6. The smallest absolute Gasteiger partial charge is 0.285 e. The lowest BCUT2D eigenvalue weighted by molar-refractivity contribution is -0.117. The zero-order valence-corrected chi connectivity index (χ0v) is 12.6. The topological polar surface area (TPSA) is 83.5 Å². The highest BCUT2D eigenvalue weighted by atomic mass is 32.2. The molecule has 1 unspecified atom stereocenters. The fraction of sp³-hybridized carbons (Fsp3) is 0.769. The van der Waals surface area contributed by atoms with E-state index in [1.165, 1.54) is 26.2 Å². The van der Waals surface area contributed by atoms with Gasteiger partial charge in [0.05, 0.1) is 0 Å². The number of nitrogens with one attached hydrogen (secondary N) is 1. The number of amides is 1. The first-order valence-electron chi connectivity index (χ1n) is 6.74. The average Bonchev–Trinajstić information content (AvgIpc) is 2.31. The van der Waals surface area contributed by atoms with Crippen molar-refractivity contribution >= 4 is 16.0 Å². The molecule has 0 fully saturated rings. The van der Waals surface area contributed by atoms with Crippen LogP contribution in [0.15, 0.2) is 12.2 Å². The van der Waals surface area contributed by atoms with Crippen LogP contribution in [0.25, 0.3) is 0 Å². The molecule has 0 aliphatic carbocycles. The summed E-state index contributed by atoms with van der Waals surface area (Å²) in [6, 6.07) is 0. The molecule has 0 heterocycles. The van der Waals surface area contributed by atoms with Crippen molar-refractivity contribution in [3.63, 3.8) is 0 Å². The predicted octanol–water partition coefficient (Wildman–Crippen LogP) is 2.64. The molecule has 1 atom stereocenters. The van der Waals surface area contributed by atoms with Gasteiger partial charge in [0.15, 0.2) is 5.37 Å². The molecule has 6 heteroatoms. The fourth-order valence-corrected chi connectivity index (χ4v) is 1.85. The summed E-state index contributed by atoms with van der Waals surface area (Å²) in [5.41, 5.74) is 0.353. The minimum absolute atomic E-state index is 0.353. The summed E-state index contributed by atoms with van der Waals surface area (Å²) in [6.07, 6.45) is 7.24. The zero-order chi connectivity index (χ0) is 14.9. The molecule has 0 radical (unpaired) electrons. The zero-order valence-electron chi connectivity index (χ0n) is 11.8. The first-order chi connectivity index (χ1) is 8.79. The number of hydrogen-bond donors (Lipinski definition) is 2. The Balaban J connectivity index is 3.86. The SMILES string of the molecule is C=C(CCCCCCCC)C(=O)NC(C)S(=O)(=O)O. The third-order valence-electron chi connectivity index (χ3n) is 2.93. The molecule has 0 rings (SSSR count). The Bertz CT molecular complexity index is 389. The lowest BCUT2D eigenvalue weighted by Gasteiger charge is -2.12.